The van der Waals surface area contributed by atoms with E-state index in [-0.39, 0.29) is 0 Å². The number of rotatable bonds is 3. The monoisotopic (exact) mass is 618 g/mol. The Kier molecular flexibility index (Phi) is 12.8. The standard InChI is InChI=1S/C23H17NO2.C15H15N.C3H8.C2H2/c1-2-16-17-12-13-21-23(26-20-11-7-6-10-19(20)25-21)22(17)24-18(16)14-15-8-4-3-5-9-15;1-2-16-15(13-9-5-3-6-10-13)14-11-7-4-8-12-14;1-3-2;1-2/h2-14,24H,1H3;2-11H,12H2,1H3;3H2,1-2H3;1-2H/b16-2-,18-14+;15-14-,16-2?;;. The predicted octanol–water partition coefficient (Wildman–Crippen LogP) is 10.4. The number of allylic oxidation sites excluding steroid dienone is 5. The van der Waals surface area contributed by atoms with E-state index >= 15 is 0 Å². The molecule has 0 atom stereocenters. The van der Waals surface area contributed by atoms with Crippen molar-refractivity contribution in [2.75, 3.05) is 0 Å². The number of fused-ring (bicyclic) bond motifs is 4. The molecule has 2 aliphatic rings. The van der Waals surface area contributed by atoms with Gasteiger partial charge in [0.15, 0.2) is 23.0 Å². The maximum Gasteiger partial charge on any atom is 0.194 e. The van der Waals surface area contributed by atoms with E-state index in [9.17, 15) is 0 Å². The van der Waals surface area contributed by atoms with Crippen molar-refractivity contribution in [3.05, 3.63) is 149 Å². The number of hydrogen-bond acceptors (Lipinski definition) is 3. The van der Waals surface area contributed by atoms with Crippen LogP contribution in [0, 0.1) is 12.8 Å². The molecular weight excluding hydrogens is 576 g/mol. The number of aromatic nitrogens is 1. The third-order valence-corrected chi connectivity index (χ3v) is 7.13. The summed E-state index contributed by atoms with van der Waals surface area (Å²) < 4.78 is 12.2. The third-order valence-electron chi connectivity index (χ3n) is 7.13. The lowest BCUT2D eigenvalue weighted by molar-refractivity contribution is 0.362. The van der Waals surface area contributed by atoms with Gasteiger partial charge in [-0.1, -0.05) is 123 Å². The molecule has 5 aromatic rings. The minimum atomic E-state index is 0.728. The average molecular weight is 619 g/mol. The van der Waals surface area contributed by atoms with Crippen LogP contribution in [0.5, 0.6) is 23.0 Å². The molecule has 4 aromatic carbocycles. The fourth-order valence-electron chi connectivity index (χ4n) is 5.19. The van der Waals surface area contributed by atoms with Crippen LogP contribution in [0.25, 0.3) is 28.8 Å². The summed E-state index contributed by atoms with van der Waals surface area (Å²) in [4.78, 5) is 8.02. The highest BCUT2D eigenvalue weighted by Gasteiger charge is 2.21. The smallest absolute Gasteiger partial charge is 0.194 e. The van der Waals surface area contributed by atoms with Gasteiger partial charge in [-0.2, -0.15) is 0 Å². The van der Waals surface area contributed by atoms with Crippen LogP contribution < -0.4 is 20.0 Å². The Morgan fingerprint density at radius 2 is 1.43 bits per heavy atom. The number of aromatic amines is 1. The molecular formula is C43H42N2O2. The van der Waals surface area contributed by atoms with E-state index in [0.29, 0.717) is 0 Å². The summed E-state index contributed by atoms with van der Waals surface area (Å²) in [5.41, 5.74) is 5.62. The Labute approximate surface area is 278 Å². The summed E-state index contributed by atoms with van der Waals surface area (Å²) in [6, 6.07) is 32.4. The molecule has 0 fully saturated rings. The van der Waals surface area contributed by atoms with Crippen molar-refractivity contribution >= 4 is 35.0 Å². The fraction of sp³-hybridized carbons (Fsp3) is 0.140. The Hall–Kier alpha value is -5.79. The van der Waals surface area contributed by atoms with Crippen LogP contribution in [0.15, 0.2) is 132 Å². The number of ether oxygens (including phenoxy) is 2. The molecule has 0 spiro atoms. The molecule has 2 heterocycles. The van der Waals surface area contributed by atoms with Crippen LogP contribution in [0.2, 0.25) is 0 Å². The van der Waals surface area contributed by atoms with Gasteiger partial charge < -0.3 is 14.5 Å². The number of aliphatic imine (C=N–C) groups is 1. The minimum absolute atomic E-state index is 0.728. The third kappa shape index (κ3) is 8.48. The van der Waals surface area contributed by atoms with Crippen molar-refractivity contribution < 1.29 is 9.47 Å². The van der Waals surface area contributed by atoms with Gasteiger partial charge in [0.25, 0.3) is 0 Å². The molecule has 0 radical (unpaired) electrons. The number of nitrogens with zero attached hydrogens (tertiary/aromatic N) is 1. The first kappa shape index (κ1) is 34.1. The number of hydrogen-bond donors (Lipinski definition) is 1. The fourth-order valence-corrected chi connectivity index (χ4v) is 5.19. The second kappa shape index (κ2) is 17.6. The highest BCUT2D eigenvalue weighted by Crippen LogP contribution is 2.47. The summed E-state index contributed by atoms with van der Waals surface area (Å²) in [6.07, 6.45) is 24.8. The number of benzene rings is 4. The zero-order chi connectivity index (χ0) is 33.4. The van der Waals surface area contributed by atoms with Gasteiger partial charge in [0.2, 0.25) is 0 Å². The number of terminal acetylenes is 1. The molecule has 0 unspecified atom stereocenters. The Morgan fingerprint density at radius 3 is 2.04 bits per heavy atom. The van der Waals surface area contributed by atoms with E-state index in [1.54, 1.807) is 0 Å². The summed E-state index contributed by atoms with van der Waals surface area (Å²) in [5.74, 6) is 2.94. The van der Waals surface area contributed by atoms with Gasteiger partial charge in [-0.15, -0.1) is 12.8 Å². The summed E-state index contributed by atoms with van der Waals surface area (Å²) in [6.45, 7) is 8.25. The second-order valence-corrected chi connectivity index (χ2v) is 10.6. The van der Waals surface area contributed by atoms with Crippen molar-refractivity contribution in [3.63, 3.8) is 0 Å². The van der Waals surface area contributed by atoms with Crippen LogP contribution in [-0.4, -0.2) is 11.2 Å². The highest BCUT2D eigenvalue weighted by molar-refractivity contribution is 5.90. The topological polar surface area (TPSA) is 46.6 Å². The van der Waals surface area contributed by atoms with Gasteiger partial charge in [0, 0.05) is 27.7 Å². The molecule has 4 heteroatoms. The molecule has 1 aliphatic carbocycles. The van der Waals surface area contributed by atoms with E-state index in [4.69, 9.17) is 9.47 Å². The lowest BCUT2D eigenvalue weighted by Gasteiger charge is -2.20. The van der Waals surface area contributed by atoms with Crippen LogP contribution in [0.3, 0.4) is 0 Å². The molecule has 47 heavy (non-hydrogen) atoms. The Morgan fingerprint density at radius 1 is 0.787 bits per heavy atom. The highest BCUT2D eigenvalue weighted by atomic mass is 16.6. The maximum atomic E-state index is 6.17. The molecule has 1 aliphatic heterocycles. The van der Waals surface area contributed by atoms with E-state index in [1.165, 1.54) is 17.6 Å². The van der Waals surface area contributed by atoms with Crippen molar-refractivity contribution in [1.82, 2.24) is 4.98 Å². The van der Waals surface area contributed by atoms with Gasteiger partial charge >= 0.3 is 0 Å². The van der Waals surface area contributed by atoms with Crippen LogP contribution >= 0.6 is 0 Å². The van der Waals surface area contributed by atoms with Gasteiger partial charge in [-0.25, -0.2) is 0 Å². The van der Waals surface area contributed by atoms with Gasteiger partial charge in [-0.3, -0.25) is 4.99 Å². The number of H-pyrrole nitrogens is 1. The molecule has 7 rings (SSSR count). The van der Waals surface area contributed by atoms with Crippen LogP contribution in [0.1, 0.15) is 51.7 Å². The van der Waals surface area contributed by atoms with Gasteiger partial charge in [-0.05, 0) is 61.7 Å². The summed E-state index contributed by atoms with van der Waals surface area (Å²) in [7, 11) is 0. The Balaban J connectivity index is 0.000000204. The van der Waals surface area contributed by atoms with Gasteiger partial charge in [0.1, 0.15) is 0 Å². The van der Waals surface area contributed by atoms with Crippen molar-refractivity contribution in [2.24, 2.45) is 4.99 Å². The summed E-state index contributed by atoms with van der Waals surface area (Å²) >= 11 is 0. The van der Waals surface area contributed by atoms with Gasteiger partial charge in [0.05, 0.1) is 11.2 Å². The molecule has 1 N–H and O–H groups in total. The lowest BCUT2D eigenvalue weighted by Crippen LogP contribution is -2.22. The van der Waals surface area contributed by atoms with Crippen LogP contribution in [0.4, 0.5) is 0 Å². The zero-order valence-corrected chi connectivity index (χ0v) is 27.6. The Bertz CT molecular complexity index is 2030. The molecule has 1 aromatic heterocycles. The van der Waals surface area contributed by atoms with E-state index < -0.39 is 0 Å². The zero-order valence-electron chi connectivity index (χ0n) is 27.6. The van der Waals surface area contributed by atoms with E-state index in [0.717, 1.165) is 62.2 Å². The first-order valence-electron chi connectivity index (χ1n) is 15.9. The minimum Gasteiger partial charge on any atom is -0.449 e. The van der Waals surface area contributed by atoms with Crippen LogP contribution in [-0.2, 0) is 0 Å². The van der Waals surface area contributed by atoms with Crippen molar-refractivity contribution in [2.45, 2.75) is 40.5 Å². The first-order chi connectivity index (χ1) is 23.2. The molecule has 0 amide bonds. The SMILES string of the molecule is C#C.C/C=c1\c(=C/c2ccccc2)[nH]c2c3c(ccc12)Oc1ccccc1O3.CC=N/C(=C1/C=CC=CC1)c1ccccc1.CCC. The molecule has 0 bridgehead atoms. The number of nitrogens with one attached hydrogen (secondary N) is 1. The average Bonchev–Trinajstić information content (AvgIpc) is 3.49. The largest absolute Gasteiger partial charge is 0.449 e. The number of para-hydroxylation sites is 2. The lowest BCUT2D eigenvalue weighted by atomic mass is 10.0. The molecule has 4 nitrogen and oxygen atoms in total. The molecule has 236 valence electrons. The van der Waals surface area contributed by atoms with Crippen molar-refractivity contribution in [1.29, 1.82) is 0 Å². The predicted molar refractivity (Wildman–Crippen MR) is 201 cm³/mol. The quantitative estimate of drug-likeness (QED) is 0.158. The normalized spacial score (nSPS) is 14.3. The molecule has 0 saturated carbocycles. The van der Waals surface area contributed by atoms with E-state index in [2.05, 4.69) is 110 Å². The van der Waals surface area contributed by atoms with Crippen molar-refractivity contribution in [3.8, 4) is 35.8 Å². The van der Waals surface area contributed by atoms with E-state index in [1.807, 2.05) is 79.9 Å². The summed E-state index contributed by atoms with van der Waals surface area (Å²) in [5, 5.41) is 3.34. The maximum absolute atomic E-state index is 6.17. The molecule has 0 saturated heterocycles. The second-order valence-electron chi connectivity index (χ2n) is 10.6. The first-order valence-corrected chi connectivity index (χ1v) is 15.9.